The van der Waals surface area contributed by atoms with E-state index in [1.54, 1.807) is 18.2 Å². The number of furan rings is 1. The first-order chi connectivity index (χ1) is 14.7. The van der Waals surface area contributed by atoms with Crippen LogP contribution in [0, 0.1) is 0 Å². The molecule has 2 aromatic carbocycles. The summed E-state index contributed by atoms with van der Waals surface area (Å²) >= 11 is 0. The minimum absolute atomic E-state index is 0.0653. The summed E-state index contributed by atoms with van der Waals surface area (Å²) in [6.07, 6.45) is 3.47. The van der Waals surface area contributed by atoms with Crippen molar-refractivity contribution in [1.29, 1.82) is 0 Å². The number of nitrogens with zero attached hydrogens (tertiary/aromatic N) is 1. The van der Waals surface area contributed by atoms with Crippen molar-refractivity contribution >= 4 is 32.9 Å². The zero-order chi connectivity index (χ0) is 21.9. The van der Waals surface area contributed by atoms with E-state index in [1.165, 1.54) is 12.5 Å². The van der Waals surface area contributed by atoms with Gasteiger partial charge in [0.15, 0.2) is 5.58 Å². The summed E-state index contributed by atoms with van der Waals surface area (Å²) in [6.45, 7) is 8.60. The van der Waals surface area contributed by atoms with Crippen LogP contribution >= 0.6 is 0 Å². The highest BCUT2D eigenvalue weighted by Gasteiger charge is 2.28. The Morgan fingerprint density at radius 1 is 0.968 bits per heavy atom. The number of likely N-dealkylation sites (tertiary alicyclic amines) is 1. The standard InChI is InChI=1S/C25H27NO5/c1-25(2,3)17-12-18(28)16(13-26-9-5-4-6-10-26)20-21-22(31-23(17)20)15-11-14(27)7-8-19(15)30-24(21)29/h7-8,11-12,27-28H,4-6,9-10,13H2,1-3H3. The number of piperidine rings is 1. The van der Waals surface area contributed by atoms with E-state index in [1.807, 2.05) is 20.8 Å². The number of rotatable bonds is 2. The highest BCUT2D eigenvalue weighted by molar-refractivity contribution is 6.15. The lowest BCUT2D eigenvalue weighted by atomic mass is 9.84. The molecule has 1 saturated heterocycles. The van der Waals surface area contributed by atoms with Crippen LogP contribution in [0.1, 0.15) is 51.2 Å². The fourth-order valence-corrected chi connectivity index (χ4v) is 4.70. The quantitative estimate of drug-likeness (QED) is 0.422. The summed E-state index contributed by atoms with van der Waals surface area (Å²) in [6, 6.07) is 6.36. The molecule has 4 aromatic rings. The lowest BCUT2D eigenvalue weighted by molar-refractivity contribution is 0.219. The van der Waals surface area contributed by atoms with Gasteiger partial charge in [-0.05, 0) is 55.6 Å². The van der Waals surface area contributed by atoms with Crippen molar-refractivity contribution in [2.45, 2.75) is 52.0 Å². The minimum atomic E-state index is -0.503. The maximum Gasteiger partial charge on any atom is 0.348 e. The molecule has 0 bridgehead atoms. The first-order valence-electron chi connectivity index (χ1n) is 10.8. The number of hydrogen-bond donors (Lipinski definition) is 2. The van der Waals surface area contributed by atoms with Gasteiger partial charge in [0.05, 0.1) is 5.39 Å². The van der Waals surface area contributed by atoms with Gasteiger partial charge in [-0.15, -0.1) is 0 Å². The number of hydrogen-bond acceptors (Lipinski definition) is 6. The fourth-order valence-electron chi connectivity index (χ4n) is 4.70. The van der Waals surface area contributed by atoms with Crippen LogP contribution in [0.3, 0.4) is 0 Å². The molecule has 1 aliphatic rings. The van der Waals surface area contributed by atoms with Crippen molar-refractivity contribution in [1.82, 2.24) is 4.90 Å². The Hall–Kier alpha value is -2.99. The number of fused-ring (bicyclic) bond motifs is 5. The average molecular weight is 421 g/mol. The number of aromatic hydroxyl groups is 2. The predicted octanol–water partition coefficient (Wildman–Crippen LogP) is 5.39. The van der Waals surface area contributed by atoms with Crippen LogP contribution in [-0.4, -0.2) is 28.2 Å². The number of phenols is 2. The molecule has 162 valence electrons. The van der Waals surface area contributed by atoms with Gasteiger partial charge < -0.3 is 19.0 Å². The highest BCUT2D eigenvalue weighted by atomic mass is 16.4. The van der Waals surface area contributed by atoms with E-state index < -0.39 is 5.63 Å². The predicted molar refractivity (Wildman–Crippen MR) is 121 cm³/mol. The van der Waals surface area contributed by atoms with Gasteiger partial charge in [-0.2, -0.15) is 0 Å². The molecule has 6 heteroatoms. The van der Waals surface area contributed by atoms with Crippen LogP contribution in [0.5, 0.6) is 11.5 Å². The van der Waals surface area contributed by atoms with Crippen LogP contribution in [0.4, 0.5) is 0 Å². The lowest BCUT2D eigenvalue weighted by Gasteiger charge is -2.27. The first-order valence-corrected chi connectivity index (χ1v) is 10.8. The Morgan fingerprint density at radius 3 is 2.42 bits per heavy atom. The second-order valence-electron chi connectivity index (χ2n) is 9.59. The Balaban J connectivity index is 1.91. The molecule has 0 saturated carbocycles. The van der Waals surface area contributed by atoms with Crippen molar-refractivity contribution in [2.75, 3.05) is 13.1 Å². The van der Waals surface area contributed by atoms with Crippen LogP contribution in [0.25, 0.3) is 32.9 Å². The molecule has 2 aromatic heterocycles. The van der Waals surface area contributed by atoms with Gasteiger partial charge in [0.2, 0.25) is 0 Å². The molecule has 2 N–H and O–H groups in total. The van der Waals surface area contributed by atoms with Gasteiger partial charge in [0, 0.05) is 23.1 Å². The summed E-state index contributed by atoms with van der Waals surface area (Å²) in [7, 11) is 0. The molecular weight excluding hydrogens is 394 g/mol. The molecule has 5 rings (SSSR count). The van der Waals surface area contributed by atoms with E-state index in [0.29, 0.717) is 45.0 Å². The summed E-state index contributed by atoms with van der Waals surface area (Å²) in [5.74, 6) is 0.233. The summed E-state index contributed by atoms with van der Waals surface area (Å²) in [5.41, 5.74) is 2.03. The van der Waals surface area contributed by atoms with Gasteiger partial charge in [0.25, 0.3) is 0 Å². The largest absolute Gasteiger partial charge is 0.508 e. The topological polar surface area (TPSA) is 87.1 Å². The third-order valence-electron chi connectivity index (χ3n) is 6.30. The molecule has 1 aliphatic heterocycles. The van der Waals surface area contributed by atoms with Crippen LogP contribution in [0.2, 0.25) is 0 Å². The Kier molecular flexibility index (Phi) is 4.52. The molecule has 0 aliphatic carbocycles. The number of benzene rings is 2. The lowest BCUT2D eigenvalue weighted by Crippen LogP contribution is -2.29. The Morgan fingerprint density at radius 2 is 1.71 bits per heavy atom. The maximum absolute atomic E-state index is 13.1. The van der Waals surface area contributed by atoms with Crippen molar-refractivity contribution in [3.63, 3.8) is 0 Å². The maximum atomic E-state index is 13.1. The van der Waals surface area contributed by atoms with E-state index in [-0.39, 0.29) is 16.9 Å². The smallest absolute Gasteiger partial charge is 0.348 e. The zero-order valence-electron chi connectivity index (χ0n) is 18.1. The van der Waals surface area contributed by atoms with Crippen LogP contribution in [0.15, 0.2) is 37.9 Å². The minimum Gasteiger partial charge on any atom is -0.508 e. The second-order valence-corrected chi connectivity index (χ2v) is 9.59. The summed E-state index contributed by atoms with van der Waals surface area (Å²) in [4.78, 5) is 15.4. The zero-order valence-corrected chi connectivity index (χ0v) is 18.1. The van der Waals surface area contributed by atoms with E-state index >= 15 is 0 Å². The molecule has 0 atom stereocenters. The Labute approximate surface area is 179 Å². The molecule has 6 nitrogen and oxygen atoms in total. The molecule has 0 unspecified atom stereocenters. The van der Waals surface area contributed by atoms with Crippen molar-refractivity contribution in [3.05, 3.63) is 45.8 Å². The summed E-state index contributed by atoms with van der Waals surface area (Å²) < 4.78 is 11.9. The van der Waals surface area contributed by atoms with Gasteiger partial charge in [-0.25, -0.2) is 4.79 Å². The third-order valence-corrected chi connectivity index (χ3v) is 6.30. The molecule has 31 heavy (non-hydrogen) atoms. The van der Waals surface area contributed by atoms with Gasteiger partial charge >= 0.3 is 5.63 Å². The van der Waals surface area contributed by atoms with Gasteiger partial charge in [-0.3, -0.25) is 4.90 Å². The second kappa shape index (κ2) is 7.02. The van der Waals surface area contributed by atoms with Crippen molar-refractivity contribution in [2.24, 2.45) is 0 Å². The fraction of sp³-hybridized carbons (Fsp3) is 0.400. The van der Waals surface area contributed by atoms with Gasteiger partial charge in [0.1, 0.15) is 28.1 Å². The molecule has 1 fully saturated rings. The Bertz CT molecular complexity index is 1370. The van der Waals surface area contributed by atoms with Crippen LogP contribution in [-0.2, 0) is 12.0 Å². The molecule has 3 heterocycles. The van der Waals surface area contributed by atoms with Crippen LogP contribution < -0.4 is 5.63 Å². The molecule has 0 amide bonds. The first kappa shape index (κ1) is 19.9. The van der Waals surface area contributed by atoms with Gasteiger partial charge in [-0.1, -0.05) is 27.2 Å². The van der Waals surface area contributed by atoms with E-state index in [2.05, 4.69) is 4.90 Å². The molecule has 0 spiro atoms. The SMILES string of the molecule is CC(C)(C)c1cc(O)c(CN2CCCCC2)c2c1oc1c3cc(O)ccc3oc(=O)c12. The van der Waals surface area contributed by atoms with E-state index in [0.717, 1.165) is 31.5 Å². The van der Waals surface area contributed by atoms with Crippen molar-refractivity contribution < 1.29 is 19.0 Å². The molecule has 0 radical (unpaired) electrons. The van der Waals surface area contributed by atoms with E-state index in [4.69, 9.17) is 8.83 Å². The van der Waals surface area contributed by atoms with E-state index in [9.17, 15) is 15.0 Å². The number of phenolic OH excluding ortho intramolecular Hbond substituents is 2. The third kappa shape index (κ3) is 3.26. The average Bonchev–Trinajstić information content (AvgIpc) is 3.12. The molecular formula is C25H27NO5. The summed E-state index contributed by atoms with van der Waals surface area (Å²) in [5, 5.41) is 22.6. The van der Waals surface area contributed by atoms with Crippen molar-refractivity contribution in [3.8, 4) is 11.5 Å². The normalized spacial score (nSPS) is 16.0. The highest BCUT2D eigenvalue weighted by Crippen LogP contribution is 2.43. The monoisotopic (exact) mass is 421 g/mol.